The smallest absolute Gasteiger partial charge is 0.331 e. The SMILES string of the molecule is CC/C=C\C/C=C\CCCC/C=C\C/C=C\CCCC(=O)OCC(C)COC(=O)/C=C/C(=O)OC. The summed E-state index contributed by atoms with van der Waals surface area (Å²) in [5.41, 5.74) is 0. The highest BCUT2D eigenvalue weighted by atomic mass is 16.5. The number of hydrogen-bond donors (Lipinski definition) is 0. The molecular formula is C29H44O6. The molecular weight excluding hydrogens is 444 g/mol. The lowest BCUT2D eigenvalue weighted by atomic mass is 10.1. The third kappa shape index (κ3) is 24.0. The molecule has 0 amide bonds. The predicted molar refractivity (Wildman–Crippen MR) is 141 cm³/mol. The lowest BCUT2D eigenvalue weighted by Gasteiger charge is -2.11. The maximum absolute atomic E-state index is 11.8. The van der Waals surface area contributed by atoms with Crippen molar-refractivity contribution in [2.45, 2.75) is 78.1 Å². The number of ether oxygens (including phenoxy) is 3. The van der Waals surface area contributed by atoms with E-state index in [9.17, 15) is 14.4 Å². The van der Waals surface area contributed by atoms with Gasteiger partial charge in [0, 0.05) is 24.5 Å². The lowest BCUT2D eigenvalue weighted by Crippen LogP contribution is -2.18. The van der Waals surface area contributed by atoms with Crippen LogP contribution in [0.4, 0.5) is 0 Å². The Kier molecular flexibility index (Phi) is 22.2. The second kappa shape index (κ2) is 24.2. The van der Waals surface area contributed by atoms with Gasteiger partial charge in [-0.05, 0) is 57.8 Å². The highest BCUT2D eigenvalue weighted by Gasteiger charge is 2.09. The van der Waals surface area contributed by atoms with Crippen LogP contribution in [0.3, 0.4) is 0 Å². The van der Waals surface area contributed by atoms with Crippen LogP contribution in [0.15, 0.2) is 60.8 Å². The summed E-state index contributed by atoms with van der Waals surface area (Å²) >= 11 is 0. The number of allylic oxidation sites excluding steroid dienone is 8. The molecule has 35 heavy (non-hydrogen) atoms. The third-order valence-electron chi connectivity index (χ3n) is 4.79. The van der Waals surface area contributed by atoms with Crippen LogP contribution in [0.1, 0.15) is 78.1 Å². The van der Waals surface area contributed by atoms with Crippen molar-refractivity contribution in [2.24, 2.45) is 5.92 Å². The van der Waals surface area contributed by atoms with Crippen LogP contribution in [0.5, 0.6) is 0 Å². The summed E-state index contributed by atoms with van der Waals surface area (Å²) in [6.45, 7) is 4.24. The summed E-state index contributed by atoms with van der Waals surface area (Å²) < 4.78 is 14.6. The highest BCUT2D eigenvalue weighted by molar-refractivity contribution is 5.91. The van der Waals surface area contributed by atoms with E-state index in [1.165, 1.54) is 20.0 Å². The van der Waals surface area contributed by atoms with Crippen molar-refractivity contribution < 1.29 is 28.6 Å². The van der Waals surface area contributed by atoms with Gasteiger partial charge < -0.3 is 14.2 Å². The first-order valence-corrected chi connectivity index (χ1v) is 12.7. The molecule has 1 unspecified atom stereocenters. The van der Waals surface area contributed by atoms with E-state index < -0.39 is 11.9 Å². The lowest BCUT2D eigenvalue weighted by molar-refractivity contribution is -0.147. The molecule has 0 N–H and O–H groups in total. The second-order valence-electron chi connectivity index (χ2n) is 8.22. The molecule has 196 valence electrons. The summed E-state index contributed by atoms with van der Waals surface area (Å²) in [5, 5.41) is 0. The van der Waals surface area contributed by atoms with Gasteiger partial charge in [0.15, 0.2) is 0 Å². The van der Waals surface area contributed by atoms with Crippen molar-refractivity contribution in [1.82, 2.24) is 0 Å². The molecule has 0 aromatic heterocycles. The number of unbranched alkanes of at least 4 members (excludes halogenated alkanes) is 4. The van der Waals surface area contributed by atoms with Gasteiger partial charge in [0.05, 0.1) is 20.3 Å². The van der Waals surface area contributed by atoms with Gasteiger partial charge in [-0.2, -0.15) is 0 Å². The Bertz CT molecular complexity index is 715. The Morgan fingerprint density at radius 1 is 0.686 bits per heavy atom. The molecule has 0 aliphatic heterocycles. The number of rotatable bonds is 20. The minimum absolute atomic E-state index is 0.0991. The summed E-state index contributed by atoms with van der Waals surface area (Å²) in [6.07, 6.45) is 29.3. The third-order valence-corrected chi connectivity index (χ3v) is 4.79. The summed E-state index contributed by atoms with van der Waals surface area (Å²) in [6, 6.07) is 0. The molecule has 6 heteroatoms. The summed E-state index contributed by atoms with van der Waals surface area (Å²) in [7, 11) is 1.22. The van der Waals surface area contributed by atoms with Crippen LogP contribution in [0, 0.1) is 5.92 Å². The van der Waals surface area contributed by atoms with Crippen molar-refractivity contribution in [3.63, 3.8) is 0 Å². The van der Waals surface area contributed by atoms with E-state index >= 15 is 0 Å². The van der Waals surface area contributed by atoms with E-state index in [-0.39, 0.29) is 25.1 Å². The van der Waals surface area contributed by atoms with Crippen LogP contribution in [-0.4, -0.2) is 38.2 Å². The zero-order valence-electron chi connectivity index (χ0n) is 21.8. The monoisotopic (exact) mass is 488 g/mol. The van der Waals surface area contributed by atoms with Crippen molar-refractivity contribution in [1.29, 1.82) is 0 Å². The van der Waals surface area contributed by atoms with E-state index in [1.807, 2.05) is 6.92 Å². The molecule has 0 rings (SSSR count). The fourth-order valence-electron chi connectivity index (χ4n) is 2.78. The largest absolute Gasteiger partial charge is 0.466 e. The van der Waals surface area contributed by atoms with E-state index in [2.05, 4.69) is 60.3 Å². The van der Waals surface area contributed by atoms with E-state index in [0.717, 1.165) is 57.1 Å². The van der Waals surface area contributed by atoms with Crippen LogP contribution < -0.4 is 0 Å². The highest BCUT2D eigenvalue weighted by Crippen LogP contribution is 2.05. The first kappa shape index (κ1) is 32.1. The van der Waals surface area contributed by atoms with Crippen LogP contribution in [-0.2, 0) is 28.6 Å². The van der Waals surface area contributed by atoms with E-state index in [1.54, 1.807) is 0 Å². The fourth-order valence-corrected chi connectivity index (χ4v) is 2.78. The molecule has 0 spiro atoms. The first-order chi connectivity index (χ1) is 17.0. The molecule has 0 aromatic carbocycles. The summed E-state index contributed by atoms with van der Waals surface area (Å²) in [5.74, 6) is -1.66. The fraction of sp³-hybridized carbons (Fsp3) is 0.552. The Balaban J connectivity index is 3.65. The first-order valence-electron chi connectivity index (χ1n) is 12.7. The molecule has 0 bridgehead atoms. The van der Waals surface area contributed by atoms with Crippen LogP contribution in [0.25, 0.3) is 0 Å². The van der Waals surface area contributed by atoms with Crippen LogP contribution >= 0.6 is 0 Å². The normalized spacial score (nSPS) is 12.9. The molecule has 0 saturated heterocycles. The Hall–Kier alpha value is -2.89. The van der Waals surface area contributed by atoms with Gasteiger partial charge in [-0.3, -0.25) is 4.79 Å². The number of carbonyl (C=O) groups is 3. The average molecular weight is 489 g/mol. The number of methoxy groups -OCH3 is 1. The second-order valence-corrected chi connectivity index (χ2v) is 8.22. The topological polar surface area (TPSA) is 78.9 Å². The maximum atomic E-state index is 11.8. The average Bonchev–Trinajstić information content (AvgIpc) is 2.86. The van der Waals surface area contributed by atoms with E-state index in [0.29, 0.717) is 6.42 Å². The molecule has 0 radical (unpaired) electrons. The number of esters is 3. The Morgan fingerprint density at radius 2 is 1.20 bits per heavy atom. The van der Waals surface area contributed by atoms with Crippen molar-refractivity contribution >= 4 is 17.9 Å². The van der Waals surface area contributed by atoms with Crippen molar-refractivity contribution in [3.8, 4) is 0 Å². The van der Waals surface area contributed by atoms with Gasteiger partial charge in [-0.25, -0.2) is 9.59 Å². The number of hydrogen-bond acceptors (Lipinski definition) is 6. The quantitative estimate of drug-likeness (QED) is 0.0633. The van der Waals surface area contributed by atoms with Crippen molar-refractivity contribution in [2.75, 3.05) is 20.3 Å². The molecule has 0 aromatic rings. The van der Waals surface area contributed by atoms with Gasteiger partial charge in [-0.15, -0.1) is 0 Å². The Labute approximate surface area is 211 Å². The van der Waals surface area contributed by atoms with Gasteiger partial charge in [0.2, 0.25) is 0 Å². The van der Waals surface area contributed by atoms with E-state index in [4.69, 9.17) is 9.47 Å². The zero-order chi connectivity index (χ0) is 26.0. The molecule has 0 heterocycles. The molecule has 1 atom stereocenters. The number of carbonyl (C=O) groups excluding carboxylic acids is 3. The summed E-state index contributed by atoms with van der Waals surface area (Å²) in [4.78, 5) is 34.2. The molecule has 0 aliphatic rings. The molecule has 6 nitrogen and oxygen atoms in total. The minimum atomic E-state index is -0.644. The standard InChI is InChI=1S/C29H44O6/c1-4-5-6-7-8-9-10-11-12-13-14-15-16-17-18-19-20-21-28(31)34-24-26(2)25-35-29(32)23-22-27(30)33-3/h5-6,8-9,14-15,17-18,22-23,26H,4,7,10-13,16,19-21,24-25H2,1-3H3/b6-5-,9-8-,15-14-,18-17-,23-22+. The van der Waals surface area contributed by atoms with Crippen LogP contribution in [0.2, 0.25) is 0 Å². The molecule has 0 saturated carbocycles. The Morgan fingerprint density at radius 3 is 1.77 bits per heavy atom. The maximum Gasteiger partial charge on any atom is 0.331 e. The molecule has 0 aliphatic carbocycles. The van der Waals surface area contributed by atoms with Gasteiger partial charge in [0.25, 0.3) is 0 Å². The van der Waals surface area contributed by atoms with Crippen molar-refractivity contribution in [3.05, 3.63) is 60.8 Å². The van der Waals surface area contributed by atoms with Gasteiger partial charge in [0.1, 0.15) is 0 Å². The van der Waals surface area contributed by atoms with Gasteiger partial charge >= 0.3 is 17.9 Å². The minimum Gasteiger partial charge on any atom is -0.466 e. The zero-order valence-corrected chi connectivity index (χ0v) is 21.8. The molecule has 0 fully saturated rings. The van der Waals surface area contributed by atoms with Gasteiger partial charge in [-0.1, -0.05) is 62.5 Å². The predicted octanol–water partition coefficient (Wildman–Crippen LogP) is 6.58.